The lowest BCUT2D eigenvalue weighted by Gasteiger charge is -2.13. The molecule has 2 aromatic carbocycles. The normalized spacial score (nSPS) is 12.5. The van der Waals surface area contributed by atoms with E-state index in [1.165, 1.54) is 0 Å². The van der Waals surface area contributed by atoms with E-state index >= 15 is 0 Å². The number of aromatic nitrogens is 1. The van der Waals surface area contributed by atoms with Gasteiger partial charge in [-0.3, -0.25) is 4.98 Å². The molecule has 0 amide bonds. The highest BCUT2D eigenvalue weighted by atomic mass is 35.5. The first kappa shape index (κ1) is 13.1. The molecule has 3 heteroatoms. The van der Waals surface area contributed by atoms with Crippen LogP contribution in [0, 0.1) is 0 Å². The molecule has 2 nitrogen and oxygen atoms in total. The molecule has 100 valence electrons. The molecule has 0 spiro atoms. The van der Waals surface area contributed by atoms with Crippen molar-refractivity contribution in [3.63, 3.8) is 0 Å². The summed E-state index contributed by atoms with van der Waals surface area (Å²) < 4.78 is 0. The van der Waals surface area contributed by atoms with Crippen molar-refractivity contribution in [1.29, 1.82) is 0 Å². The summed E-state index contributed by atoms with van der Waals surface area (Å²) in [5, 5.41) is 12.2. The fourth-order valence-electron chi connectivity index (χ4n) is 2.41. The number of pyridine rings is 1. The van der Waals surface area contributed by atoms with Gasteiger partial charge in [0, 0.05) is 23.0 Å². The lowest BCUT2D eigenvalue weighted by Crippen LogP contribution is -2.03. The zero-order valence-corrected chi connectivity index (χ0v) is 11.6. The van der Waals surface area contributed by atoms with Gasteiger partial charge in [-0.05, 0) is 35.4 Å². The van der Waals surface area contributed by atoms with Crippen LogP contribution in [-0.2, 0) is 6.42 Å². The van der Waals surface area contributed by atoms with E-state index < -0.39 is 6.10 Å². The average Bonchev–Trinajstić information content (AvgIpc) is 2.46. The van der Waals surface area contributed by atoms with Crippen LogP contribution in [0.4, 0.5) is 0 Å². The molecule has 0 fully saturated rings. The highest BCUT2D eigenvalue weighted by molar-refractivity contribution is 6.30. The molecule has 0 saturated heterocycles. The Hall–Kier alpha value is -1.90. The molecule has 3 aromatic rings. The lowest BCUT2D eigenvalue weighted by molar-refractivity contribution is 0.180. The summed E-state index contributed by atoms with van der Waals surface area (Å²) in [6.45, 7) is 0. The number of nitrogens with zero attached hydrogens (tertiary/aromatic N) is 1. The molecular weight excluding hydrogens is 270 g/mol. The molecule has 20 heavy (non-hydrogen) atoms. The van der Waals surface area contributed by atoms with Crippen molar-refractivity contribution in [3.8, 4) is 0 Å². The summed E-state index contributed by atoms with van der Waals surface area (Å²) in [6, 6.07) is 17.3. The third kappa shape index (κ3) is 2.67. The number of benzene rings is 2. The summed E-state index contributed by atoms with van der Waals surface area (Å²) >= 11 is 5.98. The third-order valence-corrected chi connectivity index (χ3v) is 3.59. The molecule has 1 atom stereocenters. The summed E-state index contributed by atoms with van der Waals surface area (Å²) in [7, 11) is 0. The van der Waals surface area contributed by atoms with Crippen molar-refractivity contribution < 1.29 is 5.11 Å². The molecule has 0 bridgehead atoms. The SMILES string of the molecule is OC(Cc1cccc(Cl)c1)c1ccnc2ccccc12. The second-order valence-electron chi connectivity index (χ2n) is 4.77. The van der Waals surface area contributed by atoms with Gasteiger partial charge in [-0.1, -0.05) is 41.9 Å². The van der Waals surface area contributed by atoms with Crippen molar-refractivity contribution in [2.24, 2.45) is 0 Å². The number of para-hydroxylation sites is 1. The quantitative estimate of drug-likeness (QED) is 0.783. The molecule has 3 rings (SSSR count). The maximum absolute atomic E-state index is 10.5. The number of hydrogen-bond donors (Lipinski definition) is 1. The zero-order valence-electron chi connectivity index (χ0n) is 10.8. The number of fused-ring (bicyclic) bond motifs is 1. The summed E-state index contributed by atoms with van der Waals surface area (Å²) in [4.78, 5) is 4.31. The van der Waals surface area contributed by atoms with Gasteiger partial charge >= 0.3 is 0 Å². The van der Waals surface area contributed by atoms with Crippen molar-refractivity contribution >= 4 is 22.5 Å². The number of aliphatic hydroxyl groups is 1. The predicted octanol–water partition coefficient (Wildman–Crippen LogP) is 4.16. The first-order valence-corrected chi connectivity index (χ1v) is 6.88. The van der Waals surface area contributed by atoms with Gasteiger partial charge in [0.15, 0.2) is 0 Å². The van der Waals surface area contributed by atoms with Crippen LogP contribution in [0.3, 0.4) is 0 Å². The maximum Gasteiger partial charge on any atom is 0.0837 e. The Bertz CT molecular complexity index is 736. The lowest BCUT2D eigenvalue weighted by atomic mass is 9.98. The Morgan fingerprint density at radius 1 is 1.05 bits per heavy atom. The molecule has 0 aliphatic carbocycles. The first-order chi connectivity index (χ1) is 9.74. The third-order valence-electron chi connectivity index (χ3n) is 3.36. The minimum Gasteiger partial charge on any atom is -0.388 e. The largest absolute Gasteiger partial charge is 0.388 e. The average molecular weight is 284 g/mol. The molecular formula is C17H14ClNO. The van der Waals surface area contributed by atoms with E-state index in [-0.39, 0.29) is 0 Å². The number of hydrogen-bond acceptors (Lipinski definition) is 2. The van der Waals surface area contributed by atoms with Gasteiger partial charge in [-0.2, -0.15) is 0 Å². The second kappa shape index (κ2) is 5.61. The summed E-state index contributed by atoms with van der Waals surface area (Å²) in [5.74, 6) is 0. The van der Waals surface area contributed by atoms with E-state index in [0.29, 0.717) is 11.4 Å². The Kier molecular flexibility index (Phi) is 3.68. The zero-order chi connectivity index (χ0) is 13.9. The topological polar surface area (TPSA) is 33.1 Å². The van der Waals surface area contributed by atoms with Crippen LogP contribution >= 0.6 is 11.6 Å². The molecule has 0 aliphatic heterocycles. The Labute approximate surface area is 122 Å². The van der Waals surface area contributed by atoms with Gasteiger partial charge in [0.25, 0.3) is 0 Å². The number of rotatable bonds is 3. The summed E-state index contributed by atoms with van der Waals surface area (Å²) in [6.07, 6.45) is 1.70. The highest BCUT2D eigenvalue weighted by Gasteiger charge is 2.12. The fourth-order valence-corrected chi connectivity index (χ4v) is 2.62. The van der Waals surface area contributed by atoms with Crippen LogP contribution in [0.15, 0.2) is 60.8 Å². The molecule has 1 unspecified atom stereocenters. The molecule has 0 aliphatic rings. The molecule has 0 radical (unpaired) electrons. The van der Waals surface area contributed by atoms with Crippen LogP contribution in [0.5, 0.6) is 0 Å². The fraction of sp³-hybridized carbons (Fsp3) is 0.118. The van der Waals surface area contributed by atoms with Crippen molar-refractivity contribution in [2.75, 3.05) is 0 Å². The van der Waals surface area contributed by atoms with Gasteiger partial charge in [-0.25, -0.2) is 0 Å². The van der Waals surface area contributed by atoms with Gasteiger partial charge in [0.1, 0.15) is 0 Å². The van der Waals surface area contributed by atoms with Gasteiger partial charge < -0.3 is 5.11 Å². The predicted molar refractivity (Wildman–Crippen MR) is 81.9 cm³/mol. The van der Waals surface area contributed by atoms with Crippen molar-refractivity contribution in [2.45, 2.75) is 12.5 Å². The molecule has 1 N–H and O–H groups in total. The van der Waals surface area contributed by atoms with Crippen LogP contribution in [0.25, 0.3) is 10.9 Å². The number of aliphatic hydroxyl groups excluding tert-OH is 1. The summed E-state index contributed by atoms with van der Waals surface area (Å²) in [5.41, 5.74) is 2.82. The van der Waals surface area contributed by atoms with Crippen LogP contribution in [-0.4, -0.2) is 10.1 Å². The van der Waals surface area contributed by atoms with E-state index in [0.717, 1.165) is 22.0 Å². The Morgan fingerprint density at radius 2 is 1.90 bits per heavy atom. The van der Waals surface area contributed by atoms with Crippen molar-refractivity contribution in [1.82, 2.24) is 4.98 Å². The van der Waals surface area contributed by atoms with Crippen molar-refractivity contribution in [3.05, 3.63) is 76.9 Å². The van der Waals surface area contributed by atoms with E-state index in [1.54, 1.807) is 6.20 Å². The van der Waals surface area contributed by atoms with Crippen LogP contribution in [0.1, 0.15) is 17.2 Å². The maximum atomic E-state index is 10.5. The first-order valence-electron chi connectivity index (χ1n) is 6.50. The van der Waals surface area contributed by atoms with E-state index in [2.05, 4.69) is 4.98 Å². The van der Waals surface area contributed by atoms with Crippen LogP contribution < -0.4 is 0 Å². The van der Waals surface area contributed by atoms with Gasteiger partial charge in [0.05, 0.1) is 11.6 Å². The monoisotopic (exact) mass is 283 g/mol. The highest BCUT2D eigenvalue weighted by Crippen LogP contribution is 2.26. The smallest absolute Gasteiger partial charge is 0.0837 e. The Morgan fingerprint density at radius 3 is 2.75 bits per heavy atom. The number of halogens is 1. The van der Waals surface area contributed by atoms with E-state index in [4.69, 9.17) is 11.6 Å². The minimum atomic E-state index is -0.568. The molecule has 1 aromatic heterocycles. The minimum absolute atomic E-state index is 0.536. The van der Waals surface area contributed by atoms with E-state index in [9.17, 15) is 5.11 Å². The van der Waals surface area contributed by atoms with Gasteiger partial charge in [0.2, 0.25) is 0 Å². The second-order valence-corrected chi connectivity index (χ2v) is 5.20. The van der Waals surface area contributed by atoms with Gasteiger partial charge in [-0.15, -0.1) is 0 Å². The Balaban J connectivity index is 1.94. The van der Waals surface area contributed by atoms with E-state index in [1.807, 2.05) is 54.6 Å². The standard InChI is InChI=1S/C17H14ClNO/c18-13-5-3-4-12(10-13)11-17(20)15-8-9-19-16-7-2-1-6-14(15)16/h1-10,17,20H,11H2. The molecule has 1 heterocycles. The molecule has 0 saturated carbocycles. The van der Waals surface area contributed by atoms with Crippen LogP contribution in [0.2, 0.25) is 5.02 Å².